The highest BCUT2D eigenvalue weighted by molar-refractivity contribution is 7.99. The quantitative estimate of drug-likeness (QED) is 0.902. The fraction of sp³-hybridized carbons (Fsp3) is 0.647. The van der Waals surface area contributed by atoms with Crippen molar-refractivity contribution in [3.8, 4) is 0 Å². The standard InChI is InChI=1S/C17H28N2S/c1-13(2)10-15-4-6-16(7-5-15)17(11-18)19-8-9-20-12-14(19)3/h4-7,13-14,17H,8-12,18H2,1-3H3. The molecule has 1 fully saturated rings. The van der Waals surface area contributed by atoms with E-state index in [1.54, 1.807) is 0 Å². The molecule has 20 heavy (non-hydrogen) atoms. The van der Waals surface area contributed by atoms with Crippen LogP contribution in [-0.4, -0.2) is 35.5 Å². The second kappa shape index (κ2) is 7.48. The van der Waals surface area contributed by atoms with Crippen LogP contribution in [0.25, 0.3) is 0 Å². The zero-order valence-electron chi connectivity index (χ0n) is 13.0. The Hall–Kier alpha value is -0.510. The first-order chi connectivity index (χ1) is 9.61. The van der Waals surface area contributed by atoms with Crippen LogP contribution >= 0.6 is 11.8 Å². The molecule has 1 aromatic rings. The average molecular weight is 292 g/mol. The Balaban J connectivity index is 2.10. The van der Waals surface area contributed by atoms with Gasteiger partial charge in [-0.25, -0.2) is 0 Å². The highest BCUT2D eigenvalue weighted by atomic mass is 32.2. The SMILES string of the molecule is CC(C)Cc1ccc(C(CN)N2CCSCC2C)cc1. The van der Waals surface area contributed by atoms with Gasteiger partial charge in [-0.3, -0.25) is 4.90 Å². The topological polar surface area (TPSA) is 29.3 Å². The van der Waals surface area contributed by atoms with Gasteiger partial charge in [0.1, 0.15) is 0 Å². The van der Waals surface area contributed by atoms with Crippen molar-refractivity contribution in [3.63, 3.8) is 0 Å². The van der Waals surface area contributed by atoms with E-state index in [1.165, 1.54) is 22.6 Å². The molecule has 1 saturated heterocycles. The lowest BCUT2D eigenvalue weighted by atomic mass is 9.98. The van der Waals surface area contributed by atoms with E-state index in [-0.39, 0.29) is 0 Å². The first-order valence-electron chi connectivity index (χ1n) is 7.74. The van der Waals surface area contributed by atoms with Gasteiger partial charge in [-0.15, -0.1) is 0 Å². The molecule has 0 spiro atoms. The number of nitrogens with two attached hydrogens (primary N) is 1. The Bertz CT molecular complexity index is 402. The number of thioether (sulfide) groups is 1. The molecule has 2 nitrogen and oxygen atoms in total. The third kappa shape index (κ3) is 4.00. The molecule has 0 aromatic heterocycles. The van der Waals surface area contributed by atoms with E-state index in [9.17, 15) is 0 Å². The average Bonchev–Trinajstić information content (AvgIpc) is 2.43. The summed E-state index contributed by atoms with van der Waals surface area (Å²) in [4.78, 5) is 2.58. The van der Waals surface area contributed by atoms with Crippen molar-refractivity contribution in [2.75, 3.05) is 24.6 Å². The minimum Gasteiger partial charge on any atom is -0.329 e. The van der Waals surface area contributed by atoms with Crippen LogP contribution in [0, 0.1) is 5.92 Å². The van der Waals surface area contributed by atoms with Crippen molar-refractivity contribution >= 4 is 11.8 Å². The van der Waals surface area contributed by atoms with Gasteiger partial charge in [0.25, 0.3) is 0 Å². The van der Waals surface area contributed by atoms with E-state index in [2.05, 4.69) is 61.7 Å². The molecule has 2 N–H and O–H groups in total. The number of benzene rings is 1. The van der Waals surface area contributed by atoms with E-state index in [1.807, 2.05) is 0 Å². The maximum atomic E-state index is 6.07. The minimum absolute atomic E-state index is 0.374. The lowest BCUT2D eigenvalue weighted by Crippen LogP contribution is -2.45. The summed E-state index contributed by atoms with van der Waals surface area (Å²) in [5.41, 5.74) is 8.87. The predicted octanol–water partition coefficient (Wildman–Crippen LogP) is 3.32. The molecular weight excluding hydrogens is 264 g/mol. The number of hydrogen-bond donors (Lipinski definition) is 1. The van der Waals surface area contributed by atoms with Crippen LogP contribution < -0.4 is 5.73 Å². The number of nitrogens with zero attached hydrogens (tertiary/aromatic N) is 1. The molecule has 1 aromatic carbocycles. The molecule has 0 aliphatic carbocycles. The Morgan fingerprint density at radius 2 is 2.00 bits per heavy atom. The first-order valence-corrected chi connectivity index (χ1v) is 8.89. The van der Waals surface area contributed by atoms with Crippen LogP contribution in [0.4, 0.5) is 0 Å². The zero-order chi connectivity index (χ0) is 14.5. The monoisotopic (exact) mass is 292 g/mol. The van der Waals surface area contributed by atoms with Gasteiger partial charge in [-0.1, -0.05) is 38.1 Å². The summed E-state index contributed by atoms with van der Waals surface area (Å²) in [5.74, 6) is 3.17. The maximum absolute atomic E-state index is 6.07. The third-order valence-corrected chi connectivity index (χ3v) is 5.24. The van der Waals surface area contributed by atoms with Gasteiger partial charge >= 0.3 is 0 Å². The highest BCUT2D eigenvalue weighted by Crippen LogP contribution is 2.27. The fourth-order valence-electron chi connectivity index (χ4n) is 3.01. The predicted molar refractivity (Wildman–Crippen MR) is 90.3 cm³/mol. The lowest BCUT2D eigenvalue weighted by Gasteiger charge is -2.39. The van der Waals surface area contributed by atoms with Crippen molar-refractivity contribution in [2.24, 2.45) is 11.7 Å². The van der Waals surface area contributed by atoms with Gasteiger partial charge in [0.15, 0.2) is 0 Å². The van der Waals surface area contributed by atoms with Gasteiger partial charge < -0.3 is 5.73 Å². The molecule has 2 rings (SSSR count). The van der Waals surface area contributed by atoms with Crippen molar-refractivity contribution in [1.29, 1.82) is 0 Å². The van der Waals surface area contributed by atoms with Crippen molar-refractivity contribution in [3.05, 3.63) is 35.4 Å². The molecule has 1 aliphatic heterocycles. The van der Waals surface area contributed by atoms with E-state index in [0.29, 0.717) is 24.5 Å². The van der Waals surface area contributed by atoms with Gasteiger partial charge in [-0.05, 0) is 30.4 Å². The van der Waals surface area contributed by atoms with Gasteiger partial charge in [0, 0.05) is 36.7 Å². The first kappa shape index (κ1) is 15.9. The molecule has 1 heterocycles. The smallest absolute Gasteiger partial charge is 0.0473 e. The molecule has 0 amide bonds. The van der Waals surface area contributed by atoms with E-state index >= 15 is 0 Å². The lowest BCUT2D eigenvalue weighted by molar-refractivity contribution is 0.166. The molecule has 1 aliphatic rings. The second-order valence-corrected chi connectivity index (χ2v) is 7.40. The molecule has 0 bridgehead atoms. The molecule has 0 saturated carbocycles. The molecule has 0 radical (unpaired) electrons. The largest absolute Gasteiger partial charge is 0.329 e. The summed E-state index contributed by atoms with van der Waals surface area (Å²) in [5, 5.41) is 0. The summed E-state index contributed by atoms with van der Waals surface area (Å²) < 4.78 is 0. The van der Waals surface area contributed by atoms with Crippen LogP contribution in [-0.2, 0) is 6.42 Å². The Morgan fingerprint density at radius 1 is 1.30 bits per heavy atom. The normalized spacial score (nSPS) is 22.1. The third-order valence-electron chi connectivity index (χ3n) is 4.05. The summed E-state index contributed by atoms with van der Waals surface area (Å²) in [6.45, 7) is 8.72. The van der Waals surface area contributed by atoms with Gasteiger partial charge in [-0.2, -0.15) is 11.8 Å². The van der Waals surface area contributed by atoms with E-state index < -0.39 is 0 Å². The number of rotatable bonds is 5. The van der Waals surface area contributed by atoms with Crippen LogP contribution in [0.2, 0.25) is 0 Å². The van der Waals surface area contributed by atoms with Crippen molar-refractivity contribution < 1.29 is 0 Å². The van der Waals surface area contributed by atoms with Gasteiger partial charge in [0.05, 0.1) is 0 Å². The van der Waals surface area contributed by atoms with Crippen molar-refractivity contribution in [2.45, 2.75) is 39.3 Å². The zero-order valence-corrected chi connectivity index (χ0v) is 13.8. The van der Waals surface area contributed by atoms with Crippen LogP contribution in [0.5, 0.6) is 0 Å². The van der Waals surface area contributed by atoms with Crippen LogP contribution in [0.3, 0.4) is 0 Å². The molecule has 2 unspecified atom stereocenters. The van der Waals surface area contributed by atoms with E-state index in [0.717, 1.165) is 13.0 Å². The summed E-state index contributed by atoms with van der Waals surface area (Å²) in [6.07, 6.45) is 1.16. The Labute approximate surface area is 128 Å². The van der Waals surface area contributed by atoms with Crippen molar-refractivity contribution in [1.82, 2.24) is 4.90 Å². The number of hydrogen-bond acceptors (Lipinski definition) is 3. The Kier molecular flexibility index (Phi) is 5.94. The minimum atomic E-state index is 0.374. The second-order valence-electron chi connectivity index (χ2n) is 6.25. The van der Waals surface area contributed by atoms with Crippen LogP contribution in [0.1, 0.15) is 37.9 Å². The van der Waals surface area contributed by atoms with E-state index in [4.69, 9.17) is 5.73 Å². The molecule has 2 atom stereocenters. The van der Waals surface area contributed by atoms with Crippen LogP contribution in [0.15, 0.2) is 24.3 Å². The molecular formula is C17H28N2S. The summed E-state index contributed by atoms with van der Waals surface area (Å²) in [6, 6.07) is 10.1. The summed E-state index contributed by atoms with van der Waals surface area (Å²) >= 11 is 2.06. The highest BCUT2D eigenvalue weighted by Gasteiger charge is 2.26. The Morgan fingerprint density at radius 3 is 2.55 bits per heavy atom. The fourth-order valence-corrected chi connectivity index (χ4v) is 4.05. The molecule has 112 valence electrons. The maximum Gasteiger partial charge on any atom is 0.0473 e. The molecule has 3 heteroatoms. The summed E-state index contributed by atoms with van der Waals surface area (Å²) in [7, 11) is 0. The van der Waals surface area contributed by atoms with Gasteiger partial charge in [0.2, 0.25) is 0 Å².